The van der Waals surface area contributed by atoms with Crippen LogP contribution in [0, 0.1) is 6.92 Å². The highest BCUT2D eigenvalue weighted by atomic mass is 19.4. The van der Waals surface area contributed by atoms with E-state index in [0.717, 1.165) is 36.5 Å². The minimum Gasteiger partial charge on any atom is -0.487 e. The van der Waals surface area contributed by atoms with Crippen LogP contribution in [0.25, 0.3) is 16.9 Å². The van der Waals surface area contributed by atoms with E-state index in [1.165, 1.54) is 10.7 Å². The van der Waals surface area contributed by atoms with Crippen molar-refractivity contribution >= 4 is 11.7 Å². The Morgan fingerprint density at radius 3 is 2.41 bits per heavy atom. The van der Waals surface area contributed by atoms with E-state index in [1.807, 2.05) is 24.3 Å². The molecule has 0 amide bonds. The molecule has 41 heavy (non-hydrogen) atoms. The summed E-state index contributed by atoms with van der Waals surface area (Å²) < 4.78 is 58.6. The quantitative estimate of drug-likeness (QED) is 0.276. The number of nitrogens with zero attached hydrogens (tertiary/aromatic N) is 3. The van der Waals surface area contributed by atoms with E-state index in [1.54, 1.807) is 37.3 Å². The number of hydrogen-bond acceptors (Lipinski definition) is 6. The zero-order chi connectivity index (χ0) is 29.0. The minimum atomic E-state index is -4.49. The monoisotopic (exact) mass is 567 g/mol. The SMILES string of the molecule is Cc1cc(OCc2cc(-c3ccc(N4CCOCC4)cc3)n(-c3cccc(C(F)(F)F)c3)n2)ccc1OCC(=O)O. The number of ether oxygens (including phenoxy) is 3. The van der Waals surface area contributed by atoms with E-state index in [2.05, 4.69) is 10.00 Å². The topological polar surface area (TPSA) is 86.0 Å². The van der Waals surface area contributed by atoms with E-state index < -0.39 is 24.3 Å². The molecule has 1 aliphatic heterocycles. The first kappa shape index (κ1) is 28.0. The number of aryl methyl sites for hydroxylation is 1. The first-order valence-electron chi connectivity index (χ1n) is 12.9. The second-order valence-electron chi connectivity index (χ2n) is 9.53. The number of carbonyl (C=O) groups is 1. The Bertz CT molecular complexity index is 1510. The lowest BCUT2D eigenvalue weighted by Crippen LogP contribution is -2.36. The number of alkyl halides is 3. The zero-order valence-corrected chi connectivity index (χ0v) is 22.2. The van der Waals surface area contributed by atoms with Crippen molar-refractivity contribution in [2.75, 3.05) is 37.8 Å². The van der Waals surface area contributed by atoms with Gasteiger partial charge in [0.25, 0.3) is 0 Å². The van der Waals surface area contributed by atoms with Gasteiger partial charge in [0, 0.05) is 24.3 Å². The second kappa shape index (κ2) is 11.9. The van der Waals surface area contributed by atoms with Gasteiger partial charge in [-0.05, 0) is 67.1 Å². The summed E-state index contributed by atoms with van der Waals surface area (Å²) in [6, 6.07) is 19.6. The summed E-state index contributed by atoms with van der Waals surface area (Å²) in [6.45, 7) is 4.26. The van der Waals surface area contributed by atoms with Gasteiger partial charge in [0.1, 0.15) is 23.8 Å². The lowest BCUT2D eigenvalue weighted by Gasteiger charge is -2.28. The van der Waals surface area contributed by atoms with Crippen molar-refractivity contribution < 1.29 is 37.3 Å². The summed E-state index contributed by atoms with van der Waals surface area (Å²) >= 11 is 0. The Morgan fingerprint density at radius 1 is 0.976 bits per heavy atom. The van der Waals surface area contributed by atoms with Gasteiger partial charge in [-0.3, -0.25) is 0 Å². The summed E-state index contributed by atoms with van der Waals surface area (Å²) in [5.41, 5.74) is 3.15. The van der Waals surface area contributed by atoms with Crippen LogP contribution >= 0.6 is 0 Å². The standard InChI is InChI=1S/C30H28F3N3O5/c1-20-15-26(9-10-28(20)41-19-29(37)38)40-18-23-17-27(21-5-7-24(8-6-21)35-11-13-39-14-12-35)36(34-23)25-4-2-3-22(16-25)30(31,32)33/h2-10,15-17H,11-14,18-19H2,1H3,(H,37,38). The largest absolute Gasteiger partial charge is 0.487 e. The van der Waals surface area contributed by atoms with Crippen molar-refractivity contribution in [3.05, 3.63) is 89.6 Å². The number of benzene rings is 3. The van der Waals surface area contributed by atoms with Crippen LogP contribution in [-0.2, 0) is 22.3 Å². The summed E-state index contributed by atoms with van der Waals surface area (Å²) in [6.07, 6.45) is -4.49. The molecule has 1 N–H and O–H groups in total. The molecule has 8 nitrogen and oxygen atoms in total. The maximum atomic E-state index is 13.5. The highest BCUT2D eigenvalue weighted by Gasteiger charge is 2.31. The third kappa shape index (κ3) is 6.80. The fourth-order valence-electron chi connectivity index (χ4n) is 4.55. The Hall–Kier alpha value is -4.51. The highest BCUT2D eigenvalue weighted by molar-refractivity contribution is 5.68. The van der Waals surface area contributed by atoms with Crippen LogP contribution < -0.4 is 14.4 Å². The van der Waals surface area contributed by atoms with Crippen LogP contribution in [0.2, 0.25) is 0 Å². The number of morpholine rings is 1. The average Bonchev–Trinajstić information content (AvgIpc) is 3.40. The van der Waals surface area contributed by atoms with Crippen LogP contribution in [0.3, 0.4) is 0 Å². The number of aromatic nitrogens is 2. The third-order valence-electron chi connectivity index (χ3n) is 6.60. The van der Waals surface area contributed by atoms with E-state index in [0.29, 0.717) is 41.7 Å². The molecule has 0 aliphatic carbocycles. The fourth-order valence-corrected chi connectivity index (χ4v) is 4.55. The summed E-state index contributed by atoms with van der Waals surface area (Å²) in [5.74, 6) is -0.140. The van der Waals surface area contributed by atoms with Crippen molar-refractivity contribution in [3.63, 3.8) is 0 Å². The zero-order valence-electron chi connectivity index (χ0n) is 22.2. The van der Waals surface area contributed by atoms with E-state index >= 15 is 0 Å². The first-order valence-corrected chi connectivity index (χ1v) is 12.9. The maximum Gasteiger partial charge on any atom is 0.416 e. The Morgan fingerprint density at radius 2 is 1.73 bits per heavy atom. The van der Waals surface area contributed by atoms with Crippen molar-refractivity contribution in [2.24, 2.45) is 0 Å². The predicted molar refractivity (Wildman–Crippen MR) is 146 cm³/mol. The number of aliphatic carboxylic acids is 1. The van der Waals surface area contributed by atoms with Gasteiger partial charge in [-0.25, -0.2) is 9.48 Å². The van der Waals surface area contributed by atoms with Crippen LogP contribution in [0.5, 0.6) is 11.5 Å². The van der Waals surface area contributed by atoms with Gasteiger partial charge in [-0.2, -0.15) is 18.3 Å². The summed E-state index contributed by atoms with van der Waals surface area (Å²) in [4.78, 5) is 13.0. The molecule has 0 unspecified atom stereocenters. The Labute approximate surface area is 234 Å². The third-order valence-corrected chi connectivity index (χ3v) is 6.60. The number of carboxylic acids is 1. The number of anilines is 1. The minimum absolute atomic E-state index is 0.0552. The average molecular weight is 568 g/mol. The molecule has 0 spiro atoms. The number of rotatable bonds is 9. The molecule has 4 aromatic rings. The number of carboxylic acid groups (broad SMARTS) is 1. The molecule has 1 aliphatic rings. The normalized spacial score (nSPS) is 13.7. The van der Waals surface area contributed by atoms with Crippen molar-refractivity contribution in [1.29, 1.82) is 0 Å². The van der Waals surface area contributed by atoms with Crippen LogP contribution in [0.4, 0.5) is 18.9 Å². The fraction of sp³-hybridized carbons (Fsp3) is 0.267. The molecule has 5 rings (SSSR count). The van der Waals surface area contributed by atoms with Gasteiger partial charge in [0.05, 0.1) is 30.2 Å². The molecule has 2 heterocycles. The molecule has 3 aromatic carbocycles. The van der Waals surface area contributed by atoms with Crippen LogP contribution in [0.1, 0.15) is 16.8 Å². The molecule has 0 radical (unpaired) electrons. The molecule has 214 valence electrons. The molecule has 1 saturated heterocycles. The molecule has 0 saturated carbocycles. The smallest absolute Gasteiger partial charge is 0.416 e. The number of hydrogen-bond donors (Lipinski definition) is 1. The maximum absolute atomic E-state index is 13.5. The Kier molecular flexibility index (Phi) is 8.16. The first-order chi connectivity index (χ1) is 19.7. The van der Waals surface area contributed by atoms with Gasteiger partial charge < -0.3 is 24.2 Å². The molecule has 0 atom stereocenters. The molecule has 1 fully saturated rings. The van der Waals surface area contributed by atoms with E-state index in [4.69, 9.17) is 19.3 Å². The molecular formula is C30H28F3N3O5. The summed E-state index contributed by atoms with van der Waals surface area (Å²) in [7, 11) is 0. The van der Waals surface area contributed by atoms with E-state index in [9.17, 15) is 18.0 Å². The highest BCUT2D eigenvalue weighted by Crippen LogP contribution is 2.33. The van der Waals surface area contributed by atoms with Gasteiger partial charge in [-0.15, -0.1) is 0 Å². The van der Waals surface area contributed by atoms with E-state index in [-0.39, 0.29) is 12.3 Å². The summed E-state index contributed by atoms with van der Waals surface area (Å²) in [5, 5.41) is 13.4. The van der Waals surface area contributed by atoms with Crippen LogP contribution in [0.15, 0.2) is 72.8 Å². The van der Waals surface area contributed by atoms with Gasteiger partial charge in [-0.1, -0.05) is 18.2 Å². The molecule has 1 aromatic heterocycles. The molecule has 11 heteroatoms. The van der Waals surface area contributed by atoms with Crippen molar-refractivity contribution in [2.45, 2.75) is 19.7 Å². The predicted octanol–water partition coefficient (Wildman–Crippen LogP) is 5.75. The lowest BCUT2D eigenvalue weighted by molar-refractivity contribution is -0.139. The van der Waals surface area contributed by atoms with Crippen molar-refractivity contribution in [1.82, 2.24) is 9.78 Å². The van der Waals surface area contributed by atoms with Crippen molar-refractivity contribution in [3.8, 4) is 28.4 Å². The molecular weight excluding hydrogens is 539 g/mol. The van der Waals surface area contributed by atoms with Gasteiger partial charge in [0.15, 0.2) is 6.61 Å². The Balaban J connectivity index is 1.42. The lowest BCUT2D eigenvalue weighted by atomic mass is 10.1. The van der Waals surface area contributed by atoms with Gasteiger partial charge in [0.2, 0.25) is 0 Å². The van der Waals surface area contributed by atoms with Gasteiger partial charge >= 0.3 is 12.1 Å². The number of halogens is 3. The molecule has 0 bridgehead atoms. The second-order valence-corrected chi connectivity index (χ2v) is 9.53. The van der Waals surface area contributed by atoms with Crippen LogP contribution in [-0.4, -0.2) is 53.8 Å².